The van der Waals surface area contributed by atoms with Crippen LogP contribution in [0.2, 0.25) is 0 Å². The smallest absolute Gasteiger partial charge is 0.170 e. The molecule has 5 aliphatic rings. The van der Waals surface area contributed by atoms with Crippen molar-refractivity contribution < 1.29 is 24.1 Å². The fourth-order valence-electron chi connectivity index (χ4n) is 7.60. The van der Waals surface area contributed by atoms with Gasteiger partial charge in [0.25, 0.3) is 0 Å². The lowest BCUT2D eigenvalue weighted by Gasteiger charge is -2.52. The fraction of sp³-hybridized carbons (Fsp3) is 0.909. The number of methoxy groups -OCH3 is 3. The maximum atomic E-state index is 11.4. The Balaban J connectivity index is 1.47. The summed E-state index contributed by atoms with van der Waals surface area (Å²) in [4.78, 5) is 0. The molecule has 0 aromatic rings. The van der Waals surface area contributed by atoms with Crippen LogP contribution in [0.3, 0.4) is 0 Å². The van der Waals surface area contributed by atoms with Gasteiger partial charge in [-0.3, -0.25) is 0 Å². The molecule has 0 amide bonds. The molecule has 0 spiro atoms. The summed E-state index contributed by atoms with van der Waals surface area (Å²) in [5.74, 6) is 0.552. The zero-order chi connectivity index (χ0) is 19.1. The van der Waals surface area contributed by atoms with Gasteiger partial charge in [-0.1, -0.05) is 13.0 Å². The zero-order valence-electron chi connectivity index (χ0n) is 17.2. The average molecular weight is 379 g/mol. The van der Waals surface area contributed by atoms with Crippen LogP contribution in [0.25, 0.3) is 0 Å². The monoisotopic (exact) mass is 378 g/mol. The minimum absolute atomic E-state index is 0.0970. The second kappa shape index (κ2) is 5.57. The average Bonchev–Trinajstić information content (AvgIpc) is 3.28. The van der Waals surface area contributed by atoms with Crippen LogP contribution >= 0.6 is 0 Å². The van der Waals surface area contributed by atoms with Crippen LogP contribution in [0, 0.1) is 17.3 Å². The molecular weight excluding hydrogens is 344 g/mol. The van der Waals surface area contributed by atoms with Crippen LogP contribution in [-0.4, -0.2) is 55.6 Å². The van der Waals surface area contributed by atoms with Crippen molar-refractivity contribution in [2.24, 2.45) is 17.3 Å². The molecule has 27 heavy (non-hydrogen) atoms. The van der Waals surface area contributed by atoms with E-state index in [1.807, 2.05) is 0 Å². The lowest BCUT2D eigenvalue weighted by Crippen LogP contribution is -2.55. The Hall–Kier alpha value is -0.460. The largest absolute Gasteiger partial charge is 0.387 e. The van der Waals surface area contributed by atoms with Crippen LogP contribution in [0.4, 0.5) is 0 Å². The molecule has 5 nitrogen and oxygen atoms in total. The molecule has 6 atom stereocenters. The van der Waals surface area contributed by atoms with E-state index < -0.39 is 11.4 Å². The van der Waals surface area contributed by atoms with Gasteiger partial charge in [0.2, 0.25) is 0 Å². The summed E-state index contributed by atoms with van der Waals surface area (Å²) >= 11 is 0. The number of fused-ring (bicyclic) bond motifs is 3. The Bertz CT molecular complexity index is 672. The molecule has 4 fully saturated rings. The predicted octanol–water partition coefficient (Wildman–Crippen LogP) is 3.20. The SMILES string of the molecule is COC[C@]1(O)CC[C@H]2[C@@H]3CC[C@]45CC(OC)(OC)CC[C@]4(O5)C3=CC[C@@]21C. The number of epoxide rings is 1. The zero-order valence-corrected chi connectivity index (χ0v) is 17.2. The number of aliphatic hydroxyl groups is 1. The highest BCUT2D eigenvalue weighted by molar-refractivity contribution is 5.43. The lowest BCUT2D eigenvalue weighted by atomic mass is 9.53. The highest BCUT2D eigenvalue weighted by Gasteiger charge is 2.79. The Morgan fingerprint density at radius 2 is 1.89 bits per heavy atom. The van der Waals surface area contributed by atoms with Crippen molar-refractivity contribution in [3.05, 3.63) is 11.6 Å². The van der Waals surface area contributed by atoms with Gasteiger partial charge in [-0.2, -0.15) is 0 Å². The first-order chi connectivity index (χ1) is 12.8. The molecule has 0 aromatic carbocycles. The molecule has 4 aliphatic carbocycles. The van der Waals surface area contributed by atoms with E-state index >= 15 is 0 Å². The van der Waals surface area contributed by atoms with Gasteiger partial charge in [-0.05, 0) is 55.9 Å². The van der Waals surface area contributed by atoms with Crippen LogP contribution in [0.15, 0.2) is 11.6 Å². The Morgan fingerprint density at radius 3 is 2.59 bits per heavy atom. The summed E-state index contributed by atoms with van der Waals surface area (Å²) in [7, 11) is 5.20. The van der Waals surface area contributed by atoms with Crippen molar-refractivity contribution in [2.75, 3.05) is 27.9 Å². The van der Waals surface area contributed by atoms with E-state index in [0.717, 1.165) is 51.4 Å². The number of ether oxygens (including phenoxy) is 4. The normalized spacial score (nSPS) is 52.3. The number of rotatable bonds is 4. The van der Waals surface area contributed by atoms with Crippen molar-refractivity contribution in [3.8, 4) is 0 Å². The molecule has 1 N–H and O–H groups in total. The highest BCUT2D eigenvalue weighted by Crippen LogP contribution is 2.73. The lowest BCUT2D eigenvalue weighted by molar-refractivity contribution is -0.229. The van der Waals surface area contributed by atoms with E-state index in [2.05, 4.69) is 13.0 Å². The molecule has 1 saturated heterocycles. The standard InChI is InChI=1S/C22H34O5/c1-18-8-6-17-15(16(18)7-9-19(18,23)14-24-2)5-10-20-13-21(25-3,26-4)11-12-22(17,20)27-20/h6,15-16,23H,5,7-14H2,1-4H3/t15-,16-,18-,19+,20-,22-/m0/s1. The summed E-state index contributed by atoms with van der Waals surface area (Å²) in [5.41, 5.74) is 0.520. The van der Waals surface area contributed by atoms with E-state index in [0.29, 0.717) is 18.4 Å². The quantitative estimate of drug-likeness (QED) is 0.462. The highest BCUT2D eigenvalue weighted by atomic mass is 16.7. The molecular formula is C22H34O5. The van der Waals surface area contributed by atoms with E-state index in [1.165, 1.54) is 5.57 Å². The van der Waals surface area contributed by atoms with Gasteiger partial charge in [0.1, 0.15) is 11.2 Å². The minimum atomic E-state index is -0.709. The van der Waals surface area contributed by atoms with Gasteiger partial charge in [0.05, 0.1) is 12.2 Å². The molecule has 0 radical (unpaired) electrons. The second-order valence-electron chi connectivity index (χ2n) is 9.96. The second-order valence-corrected chi connectivity index (χ2v) is 9.96. The third-order valence-corrected chi connectivity index (χ3v) is 9.31. The van der Waals surface area contributed by atoms with Crippen molar-refractivity contribution in [3.63, 3.8) is 0 Å². The molecule has 5 rings (SSSR count). The molecule has 0 aromatic heterocycles. The summed E-state index contributed by atoms with van der Waals surface area (Å²) in [6.07, 6.45) is 10.2. The molecule has 5 heteroatoms. The van der Waals surface area contributed by atoms with Crippen molar-refractivity contribution in [1.82, 2.24) is 0 Å². The summed E-state index contributed by atoms with van der Waals surface area (Å²) in [5, 5.41) is 11.4. The maximum absolute atomic E-state index is 11.4. The molecule has 1 aliphatic heterocycles. The van der Waals surface area contributed by atoms with E-state index in [-0.39, 0.29) is 16.6 Å². The number of allylic oxidation sites excluding steroid dienone is 1. The maximum Gasteiger partial charge on any atom is 0.170 e. The van der Waals surface area contributed by atoms with Gasteiger partial charge in [0, 0.05) is 39.6 Å². The first kappa shape index (κ1) is 18.6. The minimum Gasteiger partial charge on any atom is -0.387 e. The Morgan fingerprint density at radius 1 is 1.11 bits per heavy atom. The molecule has 0 unspecified atom stereocenters. The molecule has 152 valence electrons. The van der Waals surface area contributed by atoms with Crippen LogP contribution in [-0.2, 0) is 18.9 Å². The van der Waals surface area contributed by atoms with E-state index in [4.69, 9.17) is 18.9 Å². The third-order valence-electron chi connectivity index (χ3n) is 9.31. The van der Waals surface area contributed by atoms with Crippen molar-refractivity contribution in [1.29, 1.82) is 0 Å². The summed E-state index contributed by atoms with van der Waals surface area (Å²) in [6.45, 7) is 2.72. The predicted molar refractivity (Wildman–Crippen MR) is 100 cm³/mol. The summed E-state index contributed by atoms with van der Waals surface area (Å²) in [6, 6.07) is 0. The summed E-state index contributed by atoms with van der Waals surface area (Å²) < 4.78 is 23.6. The molecule has 0 bridgehead atoms. The van der Waals surface area contributed by atoms with Crippen LogP contribution in [0.1, 0.15) is 58.3 Å². The van der Waals surface area contributed by atoms with E-state index in [9.17, 15) is 5.11 Å². The Labute approximate surface area is 162 Å². The van der Waals surface area contributed by atoms with Gasteiger partial charge >= 0.3 is 0 Å². The van der Waals surface area contributed by atoms with Gasteiger partial charge in [-0.15, -0.1) is 0 Å². The van der Waals surface area contributed by atoms with Gasteiger partial charge < -0.3 is 24.1 Å². The number of hydrogen-bond donors (Lipinski definition) is 1. The van der Waals surface area contributed by atoms with Crippen molar-refractivity contribution >= 4 is 0 Å². The fourth-order valence-corrected chi connectivity index (χ4v) is 7.60. The number of hydrogen-bond acceptors (Lipinski definition) is 5. The van der Waals surface area contributed by atoms with Gasteiger partial charge in [0.15, 0.2) is 5.79 Å². The Kier molecular flexibility index (Phi) is 3.83. The first-order valence-corrected chi connectivity index (χ1v) is 10.6. The first-order valence-electron chi connectivity index (χ1n) is 10.6. The molecule has 3 saturated carbocycles. The van der Waals surface area contributed by atoms with Gasteiger partial charge in [-0.25, -0.2) is 0 Å². The van der Waals surface area contributed by atoms with Crippen LogP contribution < -0.4 is 0 Å². The van der Waals surface area contributed by atoms with Crippen molar-refractivity contribution in [2.45, 2.75) is 80.9 Å². The van der Waals surface area contributed by atoms with E-state index in [1.54, 1.807) is 21.3 Å². The third kappa shape index (κ3) is 2.08. The van der Waals surface area contributed by atoms with Crippen LogP contribution in [0.5, 0.6) is 0 Å². The topological polar surface area (TPSA) is 60.5 Å². The molecule has 1 heterocycles.